The highest BCUT2D eigenvalue weighted by atomic mass is 35.5. The second kappa shape index (κ2) is 7.55. The summed E-state index contributed by atoms with van der Waals surface area (Å²) >= 11 is 6.04. The molecule has 0 aliphatic rings. The average Bonchev–Trinajstić information content (AvgIpc) is 2.55. The van der Waals surface area contributed by atoms with Crippen molar-refractivity contribution in [2.75, 3.05) is 18.4 Å². The standard InChI is InChI=1S/C16H16ClNO5S/c1-11-3-8-15(14(17)9-11)18-24(20,21)13-6-4-12(5-7-13)23-10-16(19)22-2/h3-9,18H,10H2,1-2H3. The van der Waals surface area contributed by atoms with Crippen molar-refractivity contribution in [2.45, 2.75) is 11.8 Å². The lowest BCUT2D eigenvalue weighted by molar-refractivity contribution is -0.142. The van der Waals surface area contributed by atoms with Crippen molar-refractivity contribution in [1.29, 1.82) is 0 Å². The summed E-state index contributed by atoms with van der Waals surface area (Å²) in [5.41, 5.74) is 1.23. The number of carbonyl (C=O) groups excluding carboxylic acids is 1. The second-order valence-electron chi connectivity index (χ2n) is 4.93. The van der Waals surface area contributed by atoms with Crippen LogP contribution in [0.2, 0.25) is 5.02 Å². The van der Waals surface area contributed by atoms with Gasteiger partial charge in [0, 0.05) is 0 Å². The van der Waals surface area contributed by atoms with Crippen molar-refractivity contribution in [1.82, 2.24) is 0 Å². The number of methoxy groups -OCH3 is 1. The summed E-state index contributed by atoms with van der Waals surface area (Å²) in [6.07, 6.45) is 0. The first-order chi connectivity index (χ1) is 11.3. The van der Waals surface area contributed by atoms with Gasteiger partial charge < -0.3 is 9.47 Å². The molecule has 0 amide bonds. The molecular formula is C16H16ClNO5S. The Bertz CT molecular complexity index is 834. The van der Waals surface area contributed by atoms with E-state index in [0.29, 0.717) is 16.5 Å². The maximum absolute atomic E-state index is 12.4. The van der Waals surface area contributed by atoms with Gasteiger partial charge in [-0.1, -0.05) is 17.7 Å². The highest BCUT2D eigenvalue weighted by Crippen LogP contribution is 2.26. The van der Waals surface area contributed by atoms with Crippen molar-refractivity contribution >= 4 is 33.3 Å². The molecule has 2 aromatic carbocycles. The number of carbonyl (C=O) groups is 1. The number of benzene rings is 2. The van der Waals surface area contributed by atoms with Crippen molar-refractivity contribution in [2.24, 2.45) is 0 Å². The van der Waals surface area contributed by atoms with Crippen LogP contribution in [0.5, 0.6) is 5.75 Å². The number of anilines is 1. The Kier molecular flexibility index (Phi) is 5.69. The number of nitrogens with one attached hydrogen (secondary N) is 1. The third-order valence-electron chi connectivity index (χ3n) is 3.09. The minimum Gasteiger partial charge on any atom is -0.482 e. The maximum atomic E-state index is 12.4. The van der Waals surface area contributed by atoms with Crippen molar-refractivity contribution < 1.29 is 22.7 Å². The molecule has 0 heterocycles. The van der Waals surface area contributed by atoms with Crippen LogP contribution in [0.4, 0.5) is 5.69 Å². The van der Waals surface area contributed by atoms with E-state index in [1.807, 2.05) is 6.92 Å². The van der Waals surface area contributed by atoms with Crippen LogP contribution in [0.25, 0.3) is 0 Å². The Morgan fingerprint density at radius 2 is 1.83 bits per heavy atom. The third kappa shape index (κ3) is 4.62. The van der Waals surface area contributed by atoms with E-state index < -0.39 is 16.0 Å². The summed E-state index contributed by atoms with van der Waals surface area (Å²) in [5, 5.41) is 0.316. The van der Waals surface area contributed by atoms with Gasteiger partial charge in [-0.2, -0.15) is 0 Å². The predicted molar refractivity (Wildman–Crippen MR) is 91.0 cm³/mol. The first-order valence-electron chi connectivity index (χ1n) is 6.90. The van der Waals surface area contributed by atoms with Gasteiger partial charge in [0.2, 0.25) is 0 Å². The van der Waals surface area contributed by atoms with Crippen LogP contribution in [-0.4, -0.2) is 28.1 Å². The molecule has 0 aromatic heterocycles. The molecule has 2 rings (SSSR count). The molecule has 0 aliphatic heterocycles. The lowest BCUT2D eigenvalue weighted by atomic mass is 10.2. The van der Waals surface area contributed by atoms with Gasteiger partial charge >= 0.3 is 5.97 Å². The number of esters is 1. The summed E-state index contributed by atoms with van der Waals surface area (Å²) in [7, 11) is -2.53. The summed E-state index contributed by atoms with van der Waals surface area (Å²) < 4.78 is 36.8. The molecule has 0 saturated carbocycles. The van der Waals surface area contributed by atoms with Gasteiger partial charge in [-0.25, -0.2) is 13.2 Å². The van der Waals surface area contributed by atoms with Gasteiger partial charge in [-0.05, 0) is 48.9 Å². The van der Waals surface area contributed by atoms with Gasteiger partial charge in [0.05, 0.1) is 22.7 Å². The topological polar surface area (TPSA) is 81.7 Å². The van der Waals surface area contributed by atoms with Crippen molar-refractivity contribution in [3.05, 3.63) is 53.1 Å². The minimum absolute atomic E-state index is 0.0459. The fraction of sp³-hybridized carbons (Fsp3) is 0.188. The molecule has 0 radical (unpaired) electrons. The van der Waals surface area contributed by atoms with Crippen LogP contribution in [0.3, 0.4) is 0 Å². The van der Waals surface area contributed by atoms with Gasteiger partial charge in [0.1, 0.15) is 5.75 Å². The minimum atomic E-state index is -3.78. The Balaban J connectivity index is 2.13. The van der Waals surface area contributed by atoms with E-state index in [1.165, 1.54) is 31.4 Å². The highest BCUT2D eigenvalue weighted by molar-refractivity contribution is 7.92. The zero-order chi connectivity index (χ0) is 17.7. The van der Waals surface area contributed by atoms with Crippen LogP contribution < -0.4 is 9.46 Å². The zero-order valence-electron chi connectivity index (χ0n) is 13.1. The molecular weight excluding hydrogens is 354 g/mol. The molecule has 2 aromatic rings. The molecule has 0 saturated heterocycles. The van der Waals surface area contributed by atoms with Gasteiger partial charge in [-0.15, -0.1) is 0 Å². The maximum Gasteiger partial charge on any atom is 0.343 e. The quantitative estimate of drug-likeness (QED) is 0.791. The van der Waals surface area contributed by atoms with Crippen LogP contribution in [0, 0.1) is 6.92 Å². The van der Waals surface area contributed by atoms with E-state index in [0.717, 1.165) is 5.56 Å². The summed E-state index contributed by atoms with van der Waals surface area (Å²) in [5.74, 6) is -0.171. The SMILES string of the molecule is COC(=O)COc1ccc(S(=O)(=O)Nc2ccc(C)cc2Cl)cc1. The molecule has 0 unspecified atom stereocenters. The molecule has 0 spiro atoms. The van der Waals surface area contributed by atoms with Crippen LogP contribution in [0.15, 0.2) is 47.4 Å². The average molecular weight is 370 g/mol. The molecule has 0 atom stereocenters. The molecule has 8 heteroatoms. The molecule has 0 bridgehead atoms. The molecule has 1 N–H and O–H groups in total. The van der Waals surface area contributed by atoms with E-state index in [-0.39, 0.29) is 11.5 Å². The van der Waals surface area contributed by atoms with E-state index in [1.54, 1.807) is 18.2 Å². The lowest BCUT2D eigenvalue weighted by Gasteiger charge is -2.11. The van der Waals surface area contributed by atoms with E-state index >= 15 is 0 Å². The summed E-state index contributed by atoms with van der Waals surface area (Å²) in [6, 6.07) is 10.7. The Morgan fingerprint density at radius 3 is 2.42 bits per heavy atom. The number of ether oxygens (including phenoxy) is 2. The number of hydrogen-bond donors (Lipinski definition) is 1. The molecule has 128 valence electrons. The molecule has 6 nitrogen and oxygen atoms in total. The lowest BCUT2D eigenvalue weighted by Crippen LogP contribution is -2.14. The van der Waals surface area contributed by atoms with Crippen molar-refractivity contribution in [3.8, 4) is 5.75 Å². The monoisotopic (exact) mass is 369 g/mol. The third-order valence-corrected chi connectivity index (χ3v) is 4.78. The van der Waals surface area contributed by atoms with Crippen molar-refractivity contribution in [3.63, 3.8) is 0 Å². The van der Waals surface area contributed by atoms with Crippen LogP contribution in [-0.2, 0) is 19.6 Å². The Morgan fingerprint density at radius 1 is 1.17 bits per heavy atom. The fourth-order valence-electron chi connectivity index (χ4n) is 1.82. The normalized spacial score (nSPS) is 11.0. The largest absolute Gasteiger partial charge is 0.482 e. The number of aryl methyl sites for hydroxylation is 1. The summed E-state index contributed by atoms with van der Waals surface area (Å²) in [6.45, 7) is 1.61. The van der Waals surface area contributed by atoms with E-state index in [9.17, 15) is 13.2 Å². The second-order valence-corrected chi connectivity index (χ2v) is 7.01. The van der Waals surface area contributed by atoms with Crippen LogP contribution in [0.1, 0.15) is 5.56 Å². The molecule has 0 aliphatic carbocycles. The molecule has 24 heavy (non-hydrogen) atoms. The van der Waals surface area contributed by atoms with Gasteiger partial charge in [-0.3, -0.25) is 4.72 Å². The number of rotatable bonds is 6. The zero-order valence-corrected chi connectivity index (χ0v) is 14.6. The fourth-order valence-corrected chi connectivity index (χ4v) is 3.24. The summed E-state index contributed by atoms with van der Waals surface area (Å²) in [4.78, 5) is 11.1. The predicted octanol–water partition coefficient (Wildman–Crippen LogP) is 3.00. The molecule has 0 fully saturated rings. The van der Waals surface area contributed by atoms with E-state index in [2.05, 4.69) is 9.46 Å². The number of hydrogen-bond acceptors (Lipinski definition) is 5. The highest BCUT2D eigenvalue weighted by Gasteiger charge is 2.16. The van der Waals surface area contributed by atoms with Gasteiger partial charge in [0.25, 0.3) is 10.0 Å². The van der Waals surface area contributed by atoms with E-state index in [4.69, 9.17) is 16.3 Å². The smallest absolute Gasteiger partial charge is 0.343 e. The number of halogens is 1. The first kappa shape index (κ1) is 18.1. The van der Waals surface area contributed by atoms with Gasteiger partial charge in [0.15, 0.2) is 6.61 Å². The Hall–Kier alpha value is -2.25. The first-order valence-corrected chi connectivity index (χ1v) is 8.76. The van der Waals surface area contributed by atoms with Crippen LogP contribution >= 0.6 is 11.6 Å². The Labute approximate surface area is 145 Å². The number of sulfonamides is 1.